The fraction of sp³-hybridized carbons (Fsp3) is 0.240. The van der Waals surface area contributed by atoms with Crippen LogP contribution in [0.15, 0.2) is 52.9 Å². The molecule has 4 nitrogen and oxygen atoms in total. The molecular formula is C25H24N2O2. The van der Waals surface area contributed by atoms with Gasteiger partial charge in [0.15, 0.2) is 0 Å². The highest BCUT2D eigenvalue weighted by Crippen LogP contribution is 2.37. The second kappa shape index (κ2) is 7.28. The first-order valence-electron chi connectivity index (χ1n) is 10.3. The monoisotopic (exact) mass is 384 g/mol. The number of carbonyl (C=O) groups is 1. The number of hydrogen-bond donors (Lipinski definition) is 2. The summed E-state index contributed by atoms with van der Waals surface area (Å²) in [7, 11) is 0. The second-order valence-corrected chi connectivity index (χ2v) is 7.83. The van der Waals surface area contributed by atoms with Gasteiger partial charge in [-0.2, -0.15) is 0 Å². The topological polar surface area (TPSA) is 54.3 Å². The number of benzene rings is 2. The van der Waals surface area contributed by atoms with Crippen LogP contribution in [0.5, 0.6) is 0 Å². The standard InChI is InChI=1S/C25H24N2O2/c1-16-11-12-22-19(13-16)20(25(28)27-22)14-24-21(15-26-17-7-3-2-4-8-17)18-9-5-6-10-23(18)29-24/h2-4,7-8,11-14,26H,5-6,9-10,15H2,1H3,(H,27,28). The molecule has 2 N–H and O–H groups in total. The third kappa shape index (κ3) is 3.35. The Morgan fingerprint density at radius 3 is 2.79 bits per heavy atom. The molecule has 2 aromatic carbocycles. The third-order valence-electron chi connectivity index (χ3n) is 5.79. The Morgan fingerprint density at radius 1 is 1.10 bits per heavy atom. The van der Waals surface area contributed by atoms with E-state index >= 15 is 0 Å². The van der Waals surface area contributed by atoms with E-state index in [0.717, 1.165) is 53.3 Å². The van der Waals surface area contributed by atoms with Crippen molar-refractivity contribution < 1.29 is 9.21 Å². The van der Waals surface area contributed by atoms with Crippen LogP contribution in [0.3, 0.4) is 0 Å². The molecule has 0 saturated carbocycles. The lowest BCUT2D eigenvalue weighted by Gasteiger charge is -2.12. The van der Waals surface area contributed by atoms with E-state index in [-0.39, 0.29) is 5.91 Å². The van der Waals surface area contributed by atoms with E-state index < -0.39 is 0 Å². The number of carbonyl (C=O) groups excluding carboxylic acids is 1. The molecule has 2 heterocycles. The normalized spacial score (nSPS) is 16.4. The maximum atomic E-state index is 12.6. The zero-order valence-electron chi connectivity index (χ0n) is 16.5. The highest BCUT2D eigenvalue weighted by molar-refractivity contribution is 6.34. The van der Waals surface area contributed by atoms with Crippen LogP contribution in [0.25, 0.3) is 11.6 Å². The van der Waals surface area contributed by atoms with E-state index in [0.29, 0.717) is 12.1 Å². The molecule has 1 aromatic heterocycles. The molecule has 1 aliphatic carbocycles. The van der Waals surface area contributed by atoms with E-state index in [1.54, 1.807) is 0 Å². The Morgan fingerprint density at radius 2 is 1.93 bits per heavy atom. The van der Waals surface area contributed by atoms with Gasteiger partial charge in [0.2, 0.25) is 0 Å². The lowest BCUT2D eigenvalue weighted by atomic mass is 9.94. The van der Waals surface area contributed by atoms with Gasteiger partial charge in [0, 0.05) is 35.5 Å². The number of amides is 1. The first-order chi connectivity index (χ1) is 14.2. The molecule has 0 radical (unpaired) electrons. The number of nitrogens with one attached hydrogen (secondary N) is 2. The van der Waals surface area contributed by atoms with E-state index in [1.807, 2.05) is 43.3 Å². The summed E-state index contributed by atoms with van der Waals surface area (Å²) in [4.78, 5) is 12.6. The van der Waals surface area contributed by atoms with Crippen LogP contribution >= 0.6 is 0 Å². The van der Waals surface area contributed by atoms with Crippen LogP contribution in [-0.2, 0) is 24.2 Å². The minimum absolute atomic E-state index is 0.0676. The van der Waals surface area contributed by atoms with Crippen LogP contribution in [0, 0.1) is 6.92 Å². The average Bonchev–Trinajstić information content (AvgIpc) is 3.24. The zero-order chi connectivity index (χ0) is 19.8. The van der Waals surface area contributed by atoms with Gasteiger partial charge >= 0.3 is 0 Å². The number of hydrogen-bond acceptors (Lipinski definition) is 3. The summed E-state index contributed by atoms with van der Waals surface area (Å²) in [5, 5.41) is 6.48. The number of rotatable bonds is 4. The molecule has 1 aliphatic heterocycles. The minimum Gasteiger partial charge on any atom is -0.461 e. The Bertz CT molecular complexity index is 1110. The van der Waals surface area contributed by atoms with Crippen LogP contribution in [-0.4, -0.2) is 5.91 Å². The van der Waals surface area contributed by atoms with Gasteiger partial charge in [-0.3, -0.25) is 4.79 Å². The molecule has 29 heavy (non-hydrogen) atoms. The molecule has 0 atom stereocenters. The molecule has 0 saturated heterocycles. The van der Waals surface area contributed by atoms with Gasteiger partial charge in [0.25, 0.3) is 5.91 Å². The largest absolute Gasteiger partial charge is 0.461 e. The summed E-state index contributed by atoms with van der Waals surface area (Å²) in [6.45, 7) is 2.73. The number of fused-ring (bicyclic) bond motifs is 2. The van der Waals surface area contributed by atoms with Crippen LogP contribution < -0.4 is 10.6 Å². The summed E-state index contributed by atoms with van der Waals surface area (Å²) >= 11 is 0. The van der Waals surface area contributed by atoms with Crippen molar-refractivity contribution >= 4 is 28.9 Å². The lowest BCUT2D eigenvalue weighted by Crippen LogP contribution is -2.06. The van der Waals surface area contributed by atoms with Gasteiger partial charge in [0.1, 0.15) is 11.5 Å². The van der Waals surface area contributed by atoms with Crippen molar-refractivity contribution in [3.63, 3.8) is 0 Å². The Labute approximate surface area is 170 Å². The minimum atomic E-state index is -0.0676. The summed E-state index contributed by atoms with van der Waals surface area (Å²) in [5.41, 5.74) is 7.20. The Hall–Kier alpha value is -3.27. The van der Waals surface area contributed by atoms with E-state index in [1.165, 1.54) is 17.5 Å². The third-order valence-corrected chi connectivity index (χ3v) is 5.79. The average molecular weight is 384 g/mol. The Kier molecular flexibility index (Phi) is 4.47. The number of furan rings is 1. The summed E-state index contributed by atoms with van der Waals surface area (Å²) in [6.07, 6.45) is 6.28. The highest BCUT2D eigenvalue weighted by atomic mass is 16.3. The van der Waals surface area contributed by atoms with Crippen molar-refractivity contribution in [2.24, 2.45) is 0 Å². The highest BCUT2D eigenvalue weighted by Gasteiger charge is 2.27. The molecule has 146 valence electrons. The predicted molar refractivity (Wildman–Crippen MR) is 117 cm³/mol. The van der Waals surface area contributed by atoms with Gasteiger partial charge in [-0.1, -0.05) is 29.8 Å². The van der Waals surface area contributed by atoms with E-state index in [9.17, 15) is 4.79 Å². The molecule has 3 aromatic rings. The predicted octanol–water partition coefficient (Wildman–Crippen LogP) is 5.57. The molecule has 0 bridgehead atoms. The molecule has 0 fully saturated rings. The van der Waals surface area contributed by atoms with Crippen LogP contribution in [0.2, 0.25) is 0 Å². The first kappa shape index (κ1) is 17.8. The van der Waals surface area contributed by atoms with Crippen molar-refractivity contribution in [2.45, 2.75) is 39.2 Å². The molecule has 2 aliphatic rings. The molecular weight excluding hydrogens is 360 g/mol. The van der Waals surface area contributed by atoms with Crippen LogP contribution in [0.1, 0.15) is 46.6 Å². The molecule has 1 amide bonds. The lowest BCUT2D eigenvalue weighted by molar-refractivity contribution is -0.110. The van der Waals surface area contributed by atoms with Gasteiger partial charge in [-0.15, -0.1) is 0 Å². The Balaban J connectivity index is 1.55. The quantitative estimate of drug-likeness (QED) is 0.578. The fourth-order valence-corrected chi connectivity index (χ4v) is 4.29. The maximum Gasteiger partial charge on any atom is 0.256 e. The van der Waals surface area contributed by atoms with Gasteiger partial charge in [-0.05, 0) is 62.1 Å². The van der Waals surface area contributed by atoms with E-state index in [4.69, 9.17) is 4.42 Å². The second-order valence-electron chi connectivity index (χ2n) is 7.83. The summed E-state index contributed by atoms with van der Waals surface area (Å²) in [6, 6.07) is 16.2. The van der Waals surface area contributed by atoms with E-state index in [2.05, 4.69) is 28.8 Å². The van der Waals surface area contributed by atoms with Crippen molar-refractivity contribution in [3.8, 4) is 0 Å². The molecule has 0 spiro atoms. The van der Waals surface area contributed by atoms with Crippen molar-refractivity contribution in [1.29, 1.82) is 0 Å². The smallest absolute Gasteiger partial charge is 0.256 e. The molecule has 0 unspecified atom stereocenters. The molecule has 5 rings (SSSR count). The first-order valence-corrected chi connectivity index (χ1v) is 10.3. The van der Waals surface area contributed by atoms with Gasteiger partial charge in [-0.25, -0.2) is 0 Å². The molecule has 4 heteroatoms. The number of anilines is 2. The van der Waals surface area contributed by atoms with Crippen molar-refractivity contribution in [1.82, 2.24) is 0 Å². The van der Waals surface area contributed by atoms with Crippen LogP contribution in [0.4, 0.5) is 11.4 Å². The van der Waals surface area contributed by atoms with Crippen molar-refractivity contribution in [3.05, 3.63) is 82.3 Å². The number of aryl methyl sites for hydroxylation is 2. The van der Waals surface area contributed by atoms with Gasteiger partial charge in [0.05, 0.1) is 5.57 Å². The number of para-hydroxylation sites is 1. The van der Waals surface area contributed by atoms with Gasteiger partial charge < -0.3 is 15.1 Å². The SMILES string of the molecule is Cc1ccc2c(c1)C(=Cc1oc3c(c1CNc1ccccc1)CCCC3)C(=O)N2. The fourth-order valence-electron chi connectivity index (χ4n) is 4.29. The summed E-state index contributed by atoms with van der Waals surface area (Å²) < 4.78 is 6.28. The zero-order valence-corrected chi connectivity index (χ0v) is 16.5. The summed E-state index contributed by atoms with van der Waals surface area (Å²) in [5.74, 6) is 1.82. The maximum absolute atomic E-state index is 12.6. The van der Waals surface area contributed by atoms with Crippen molar-refractivity contribution in [2.75, 3.05) is 10.6 Å².